The van der Waals surface area contributed by atoms with Crippen molar-refractivity contribution in [1.82, 2.24) is 4.98 Å². The second-order valence-electron chi connectivity index (χ2n) is 5.89. The number of oxazole rings is 1. The molecule has 1 unspecified atom stereocenters. The molecule has 1 aliphatic rings. The SMILES string of the molecule is CCCCc1nc2c(o1)NC(N)=C(C#N)C2c1ccccc1OCC. The number of allylic oxidation sites excluding steroid dienone is 1. The Hall–Kier alpha value is -2.94. The van der Waals surface area contributed by atoms with Gasteiger partial charge in [0.25, 0.3) is 0 Å². The summed E-state index contributed by atoms with van der Waals surface area (Å²) in [5.74, 6) is 1.79. The quantitative estimate of drug-likeness (QED) is 0.834. The van der Waals surface area contributed by atoms with E-state index in [0.717, 1.165) is 30.6 Å². The fourth-order valence-corrected chi connectivity index (χ4v) is 3.01. The van der Waals surface area contributed by atoms with Crippen LogP contribution in [0.3, 0.4) is 0 Å². The van der Waals surface area contributed by atoms with Gasteiger partial charge >= 0.3 is 0 Å². The predicted octanol–water partition coefficient (Wildman–Crippen LogP) is 3.67. The molecule has 0 spiro atoms. The van der Waals surface area contributed by atoms with Gasteiger partial charge in [0.05, 0.1) is 24.2 Å². The lowest BCUT2D eigenvalue weighted by Gasteiger charge is -2.24. The van der Waals surface area contributed by atoms with Crippen molar-refractivity contribution in [2.45, 2.75) is 39.0 Å². The van der Waals surface area contributed by atoms with E-state index < -0.39 is 5.92 Å². The van der Waals surface area contributed by atoms with E-state index in [1.807, 2.05) is 31.2 Å². The van der Waals surface area contributed by atoms with Crippen LogP contribution in [0.4, 0.5) is 5.88 Å². The lowest BCUT2D eigenvalue weighted by atomic mass is 9.86. The molecule has 0 bridgehead atoms. The van der Waals surface area contributed by atoms with Crippen molar-refractivity contribution < 1.29 is 9.15 Å². The number of benzene rings is 1. The molecule has 3 rings (SSSR count). The Bertz CT molecular complexity index is 832. The topological polar surface area (TPSA) is 97.1 Å². The summed E-state index contributed by atoms with van der Waals surface area (Å²) in [4.78, 5) is 4.65. The first-order chi connectivity index (χ1) is 12.2. The summed E-state index contributed by atoms with van der Waals surface area (Å²) < 4.78 is 11.6. The van der Waals surface area contributed by atoms with Crippen LogP contribution in [-0.4, -0.2) is 11.6 Å². The molecule has 0 saturated heterocycles. The Morgan fingerprint density at radius 2 is 2.16 bits per heavy atom. The van der Waals surface area contributed by atoms with Crippen LogP contribution >= 0.6 is 0 Å². The highest BCUT2D eigenvalue weighted by Gasteiger charge is 2.35. The monoisotopic (exact) mass is 338 g/mol. The Kier molecular flexibility index (Phi) is 4.94. The third-order valence-electron chi connectivity index (χ3n) is 4.19. The normalized spacial score (nSPS) is 16.1. The number of nitrogens with zero attached hydrogens (tertiary/aromatic N) is 2. The minimum absolute atomic E-state index is 0.296. The van der Waals surface area contributed by atoms with Gasteiger partial charge in [0.1, 0.15) is 17.3 Å². The lowest BCUT2D eigenvalue weighted by Crippen LogP contribution is -2.23. The van der Waals surface area contributed by atoms with Gasteiger partial charge in [-0.3, -0.25) is 0 Å². The maximum Gasteiger partial charge on any atom is 0.223 e. The molecule has 0 amide bonds. The number of unbranched alkanes of at least 4 members (excludes halogenated alkanes) is 1. The largest absolute Gasteiger partial charge is 0.494 e. The van der Waals surface area contributed by atoms with E-state index in [0.29, 0.717) is 35.5 Å². The van der Waals surface area contributed by atoms with Crippen LogP contribution in [0.15, 0.2) is 40.1 Å². The number of rotatable bonds is 6. The van der Waals surface area contributed by atoms with Crippen molar-refractivity contribution >= 4 is 5.88 Å². The Labute approximate surface area is 147 Å². The molecule has 6 heteroatoms. The highest BCUT2D eigenvalue weighted by molar-refractivity contribution is 5.62. The van der Waals surface area contributed by atoms with E-state index in [-0.39, 0.29) is 0 Å². The molecule has 1 aromatic heterocycles. The number of nitriles is 1. The van der Waals surface area contributed by atoms with Crippen LogP contribution in [0.2, 0.25) is 0 Å². The number of nitrogens with one attached hydrogen (secondary N) is 1. The average Bonchev–Trinajstić information content (AvgIpc) is 3.02. The van der Waals surface area contributed by atoms with Gasteiger partial charge in [-0.2, -0.15) is 5.26 Å². The van der Waals surface area contributed by atoms with E-state index in [2.05, 4.69) is 23.3 Å². The smallest absolute Gasteiger partial charge is 0.223 e. The summed E-state index contributed by atoms with van der Waals surface area (Å²) in [6, 6.07) is 9.88. The Morgan fingerprint density at radius 1 is 1.36 bits per heavy atom. The highest BCUT2D eigenvalue weighted by Crippen LogP contribution is 2.43. The van der Waals surface area contributed by atoms with E-state index >= 15 is 0 Å². The zero-order chi connectivity index (χ0) is 17.8. The number of aromatic nitrogens is 1. The van der Waals surface area contributed by atoms with E-state index in [4.69, 9.17) is 14.9 Å². The van der Waals surface area contributed by atoms with Crippen molar-refractivity contribution in [1.29, 1.82) is 5.26 Å². The number of fused-ring (bicyclic) bond motifs is 1. The molecule has 1 aromatic carbocycles. The minimum atomic E-state index is -0.400. The van der Waals surface area contributed by atoms with Crippen LogP contribution in [0.1, 0.15) is 49.8 Å². The van der Waals surface area contributed by atoms with Gasteiger partial charge < -0.3 is 20.2 Å². The zero-order valence-corrected chi connectivity index (χ0v) is 14.5. The van der Waals surface area contributed by atoms with Gasteiger partial charge in [0.15, 0.2) is 5.89 Å². The molecule has 0 aliphatic carbocycles. The average molecular weight is 338 g/mol. The van der Waals surface area contributed by atoms with Gasteiger partial charge in [-0.25, -0.2) is 4.98 Å². The third kappa shape index (κ3) is 3.18. The van der Waals surface area contributed by atoms with Gasteiger partial charge in [-0.1, -0.05) is 31.5 Å². The predicted molar refractivity (Wildman–Crippen MR) is 95.0 cm³/mol. The summed E-state index contributed by atoms with van der Waals surface area (Å²) in [6.07, 6.45) is 2.81. The van der Waals surface area contributed by atoms with Crippen molar-refractivity contribution in [2.24, 2.45) is 5.73 Å². The maximum atomic E-state index is 9.66. The van der Waals surface area contributed by atoms with Gasteiger partial charge in [0.2, 0.25) is 5.88 Å². The summed E-state index contributed by atoms with van der Waals surface area (Å²) in [5, 5.41) is 12.6. The first-order valence-electron chi connectivity index (χ1n) is 8.57. The van der Waals surface area contributed by atoms with Crippen LogP contribution in [0, 0.1) is 11.3 Å². The highest BCUT2D eigenvalue weighted by atomic mass is 16.5. The van der Waals surface area contributed by atoms with Crippen LogP contribution < -0.4 is 15.8 Å². The minimum Gasteiger partial charge on any atom is -0.494 e. The first kappa shape index (κ1) is 16.9. The van der Waals surface area contributed by atoms with Gasteiger partial charge in [0, 0.05) is 12.0 Å². The van der Waals surface area contributed by atoms with Crippen molar-refractivity contribution in [2.75, 3.05) is 11.9 Å². The number of hydrogen-bond acceptors (Lipinski definition) is 6. The van der Waals surface area contributed by atoms with E-state index in [1.54, 1.807) is 0 Å². The molecule has 1 aliphatic heterocycles. The number of para-hydroxylation sites is 1. The second kappa shape index (κ2) is 7.31. The molecular weight excluding hydrogens is 316 g/mol. The molecule has 6 nitrogen and oxygen atoms in total. The van der Waals surface area contributed by atoms with Crippen LogP contribution in [-0.2, 0) is 6.42 Å². The molecular formula is C19H22N4O2. The van der Waals surface area contributed by atoms with Gasteiger partial charge in [-0.15, -0.1) is 0 Å². The summed E-state index contributed by atoms with van der Waals surface area (Å²) in [7, 11) is 0. The summed E-state index contributed by atoms with van der Waals surface area (Å²) in [6.45, 7) is 4.59. The van der Waals surface area contributed by atoms with Gasteiger partial charge in [-0.05, 0) is 19.4 Å². The molecule has 0 radical (unpaired) electrons. The zero-order valence-electron chi connectivity index (χ0n) is 14.5. The molecule has 130 valence electrons. The number of aryl methyl sites for hydroxylation is 1. The maximum absolute atomic E-state index is 9.66. The standard InChI is InChI=1S/C19H22N4O2/c1-3-5-10-15-22-17-16(12-8-6-7-9-14(12)24-4-2)13(11-20)18(21)23-19(17)25-15/h6-9,16,23H,3-5,10,21H2,1-2H3. The Balaban J connectivity index is 2.11. The number of ether oxygens (including phenoxy) is 1. The van der Waals surface area contributed by atoms with Crippen molar-refractivity contribution in [3.63, 3.8) is 0 Å². The van der Waals surface area contributed by atoms with Crippen LogP contribution in [0.25, 0.3) is 0 Å². The molecule has 0 fully saturated rings. The van der Waals surface area contributed by atoms with Crippen molar-refractivity contribution in [3.8, 4) is 11.8 Å². The van der Waals surface area contributed by atoms with Crippen molar-refractivity contribution in [3.05, 3.63) is 52.8 Å². The fourth-order valence-electron chi connectivity index (χ4n) is 3.01. The molecule has 0 saturated carbocycles. The third-order valence-corrected chi connectivity index (χ3v) is 4.19. The lowest BCUT2D eigenvalue weighted by molar-refractivity contribution is 0.336. The van der Waals surface area contributed by atoms with E-state index in [1.165, 1.54) is 0 Å². The molecule has 2 aromatic rings. The molecule has 2 heterocycles. The molecule has 1 atom stereocenters. The van der Waals surface area contributed by atoms with Crippen LogP contribution in [0.5, 0.6) is 5.75 Å². The number of nitrogens with two attached hydrogens (primary N) is 1. The number of hydrogen-bond donors (Lipinski definition) is 2. The molecule has 3 N–H and O–H groups in total. The Morgan fingerprint density at radius 3 is 2.88 bits per heavy atom. The second-order valence-corrected chi connectivity index (χ2v) is 5.89. The first-order valence-corrected chi connectivity index (χ1v) is 8.57. The molecule has 25 heavy (non-hydrogen) atoms. The fraction of sp³-hybridized carbons (Fsp3) is 0.368. The summed E-state index contributed by atoms with van der Waals surface area (Å²) in [5.41, 5.74) is 8.06. The summed E-state index contributed by atoms with van der Waals surface area (Å²) >= 11 is 0. The number of anilines is 1. The van der Waals surface area contributed by atoms with E-state index in [9.17, 15) is 5.26 Å².